The summed E-state index contributed by atoms with van der Waals surface area (Å²) >= 11 is 0. The predicted molar refractivity (Wildman–Crippen MR) is 154 cm³/mol. The number of hydrogen-bond donors (Lipinski definition) is 1. The number of piperidine rings is 1. The fourth-order valence-electron chi connectivity index (χ4n) is 5.10. The lowest BCUT2D eigenvalue weighted by molar-refractivity contribution is -0.139. The van der Waals surface area contributed by atoms with Crippen LogP contribution < -0.4 is 15.0 Å². The molecule has 0 spiro atoms. The van der Waals surface area contributed by atoms with E-state index in [1.807, 2.05) is 0 Å². The Labute approximate surface area is 234 Å². The van der Waals surface area contributed by atoms with Gasteiger partial charge in [0.05, 0.1) is 11.3 Å². The Bertz CT molecular complexity index is 1380. The normalized spacial score (nSPS) is 17.6. The summed E-state index contributed by atoms with van der Waals surface area (Å²) in [6, 6.07) is 12.8. The lowest BCUT2D eigenvalue weighted by Gasteiger charge is -2.33. The van der Waals surface area contributed by atoms with Gasteiger partial charge in [0.25, 0.3) is 0 Å². The van der Waals surface area contributed by atoms with E-state index in [-0.39, 0.29) is 16.7 Å². The van der Waals surface area contributed by atoms with E-state index in [2.05, 4.69) is 33.7 Å². The highest BCUT2D eigenvalue weighted by Gasteiger charge is 2.36. The molecule has 3 heterocycles. The first kappa shape index (κ1) is 28.6. The van der Waals surface area contributed by atoms with Crippen molar-refractivity contribution in [3.8, 4) is 16.9 Å². The van der Waals surface area contributed by atoms with E-state index in [0.29, 0.717) is 61.7 Å². The van der Waals surface area contributed by atoms with E-state index in [1.54, 1.807) is 35.4 Å². The lowest BCUT2D eigenvalue weighted by atomic mass is 10.0. The van der Waals surface area contributed by atoms with Crippen LogP contribution in [-0.2, 0) is 6.18 Å². The Hall–Kier alpha value is -2.96. The van der Waals surface area contributed by atoms with E-state index < -0.39 is 23.7 Å². The predicted octanol–water partition coefficient (Wildman–Crippen LogP) is 6.64. The minimum Gasteiger partial charge on any atom is -0.490 e. The fraction of sp³-hybridized carbons (Fsp3) is 0.357. The number of nitrogens with one attached hydrogen (secondary N) is 1. The first-order valence-corrected chi connectivity index (χ1v) is 14.1. The maximum Gasteiger partial charge on any atom is 0.419 e. The number of alkyl halides is 3. The number of urea groups is 1. The lowest BCUT2D eigenvalue weighted by Crippen LogP contribution is -2.44. The molecule has 2 atom stereocenters. The Balaban J connectivity index is 1.34. The molecular formula is C28H30F4N4O2P2. The van der Waals surface area contributed by atoms with E-state index >= 15 is 0 Å². The molecule has 3 aromatic rings. The van der Waals surface area contributed by atoms with Gasteiger partial charge < -0.3 is 19.9 Å². The van der Waals surface area contributed by atoms with Crippen molar-refractivity contribution in [2.24, 2.45) is 0 Å². The molecule has 1 N–H and O–H groups in total. The Morgan fingerprint density at radius 2 is 1.70 bits per heavy atom. The summed E-state index contributed by atoms with van der Waals surface area (Å²) in [4.78, 5) is 21.6. The van der Waals surface area contributed by atoms with Crippen molar-refractivity contribution in [2.45, 2.75) is 36.4 Å². The van der Waals surface area contributed by atoms with Crippen molar-refractivity contribution < 1.29 is 27.1 Å². The summed E-state index contributed by atoms with van der Waals surface area (Å²) in [6.45, 7) is 1.96. The van der Waals surface area contributed by atoms with Crippen LogP contribution in [0.25, 0.3) is 11.1 Å². The molecule has 12 heteroatoms. The van der Waals surface area contributed by atoms with Gasteiger partial charge >= 0.3 is 12.2 Å². The van der Waals surface area contributed by atoms with Gasteiger partial charge in [-0.25, -0.2) is 14.2 Å². The van der Waals surface area contributed by atoms with Crippen LogP contribution in [0.3, 0.4) is 0 Å². The van der Waals surface area contributed by atoms with Crippen LogP contribution in [0.15, 0.2) is 60.8 Å². The highest BCUT2D eigenvalue weighted by molar-refractivity contribution is 7.40. The third-order valence-electron chi connectivity index (χ3n) is 7.17. The van der Waals surface area contributed by atoms with Gasteiger partial charge in [-0.05, 0) is 30.7 Å². The number of nitrogens with zero attached hydrogens (tertiary/aromatic N) is 3. The number of benzene rings is 2. The quantitative estimate of drug-likeness (QED) is 0.267. The Kier molecular flexibility index (Phi) is 8.21. The molecule has 1 aromatic heterocycles. The smallest absolute Gasteiger partial charge is 0.419 e. The molecule has 0 radical (unpaired) electrons. The number of carbonyl (C=O) groups excluding carboxylic acids is 1. The summed E-state index contributed by atoms with van der Waals surface area (Å²) in [5.41, 5.74) is 0.465. The number of hydrogen-bond acceptors (Lipinski definition) is 4. The molecular weight excluding hydrogens is 562 g/mol. The van der Waals surface area contributed by atoms with Crippen LogP contribution in [0, 0.1) is 5.82 Å². The van der Waals surface area contributed by atoms with Crippen molar-refractivity contribution in [2.75, 3.05) is 36.4 Å². The zero-order chi connectivity index (χ0) is 28.5. The second-order valence-corrected chi connectivity index (χ2v) is 13.1. The van der Waals surface area contributed by atoms with Crippen LogP contribution in [0.2, 0.25) is 0 Å². The van der Waals surface area contributed by atoms with Crippen molar-refractivity contribution in [1.29, 1.82) is 0 Å². The van der Waals surface area contributed by atoms with Gasteiger partial charge in [-0.2, -0.15) is 13.2 Å². The van der Waals surface area contributed by atoms with Crippen LogP contribution in [0.1, 0.15) is 24.8 Å². The molecule has 2 fully saturated rings. The SMILES string of the molecule is O=C(Nc1c(-c2ccccc2F)ccnc1N1CCC(P)(P)C1)N1CCC(Oc2ccccc2C(F)(F)F)CC1. The van der Waals surface area contributed by atoms with Gasteiger partial charge in [0.15, 0.2) is 5.82 Å². The van der Waals surface area contributed by atoms with Crippen molar-refractivity contribution >= 4 is 36.0 Å². The monoisotopic (exact) mass is 592 g/mol. The molecule has 0 bridgehead atoms. The van der Waals surface area contributed by atoms with E-state index in [9.17, 15) is 22.4 Å². The molecule has 2 aliphatic heterocycles. The molecule has 2 aliphatic rings. The van der Waals surface area contributed by atoms with E-state index in [4.69, 9.17) is 4.74 Å². The van der Waals surface area contributed by atoms with Gasteiger partial charge in [0.1, 0.15) is 17.7 Å². The number of carbonyl (C=O) groups is 1. The van der Waals surface area contributed by atoms with Crippen LogP contribution in [0.4, 0.5) is 33.9 Å². The van der Waals surface area contributed by atoms with Crippen molar-refractivity contribution in [3.63, 3.8) is 0 Å². The minimum atomic E-state index is -4.52. The topological polar surface area (TPSA) is 57.7 Å². The van der Waals surface area contributed by atoms with Crippen molar-refractivity contribution in [1.82, 2.24) is 9.88 Å². The summed E-state index contributed by atoms with van der Waals surface area (Å²) in [6.07, 6.45) is -1.75. The number of pyridine rings is 1. The third-order valence-corrected chi connectivity index (χ3v) is 8.12. The molecule has 40 heavy (non-hydrogen) atoms. The maximum absolute atomic E-state index is 14.9. The molecule has 2 saturated heterocycles. The second-order valence-electron chi connectivity index (χ2n) is 10.2. The number of rotatable bonds is 5. The van der Waals surface area contributed by atoms with Gasteiger partial charge in [-0.3, -0.25) is 0 Å². The summed E-state index contributed by atoms with van der Waals surface area (Å²) in [5.74, 6) is -0.0692. The zero-order valence-corrected chi connectivity index (χ0v) is 23.9. The summed E-state index contributed by atoms with van der Waals surface area (Å²) in [5, 5.41) is 2.99. The minimum absolute atomic E-state index is 0.0937. The molecule has 2 unspecified atom stereocenters. The van der Waals surface area contributed by atoms with Crippen molar-refractivity contribution in [3.05, 3.63) is 72.2 Å². The fourth-order valence-corrected chi connectivity index (χ4v) is 5.80. The molecule has 212 valence electrons. The van der Waals surface area contributed by atoms with E-state index in [1.165, 1.54) is 24.3 Å². The first-order valence-electron chi connectivity index (χ1n) is 13.0. The molecule has 5 rings (SSSR count). The summed E-state index contributed by atoms with van der Waals surface area (Å²) in [7, 11) is 5.66. The average Bonchev–Trinajstić information content (AvgIpc) is 3.28. The van der Waals surface area contributed by atoms with Gasteiger partial charge in [-0.15, -0.1) is 18.5 Å². The molecule has 0 aliphatic carbocycles. The largest absolute Gasteiger partial charge is 0.490 e. The highest BCUT2D eigenvalue weighted by atomic mass is 31.1. The number of para-hydroxylation sites is 1. The Morgan fingerprint density at radius 3 is 2.38 bits per heavy atom. The Morgan fingerprint density at radius 1 is 1.00 bits per heavy atom. The first-order chi connectivity index (χ1) is 19.0. The number of anilines is 2. The number of amides is 2. The molecule has 2 aromatic carbocycles. The maximum atomic E-state index is 14.9. The number of halogens is 4. The standard InChI is InChI=1S/C28H30F4N4O2P2/c29-22-7-3-1-5-19(22)20-9-13-33-25(36-16-12-27(39,40)17-36)24(20)34-26(37)35-14-10-18(11-15-35)38-23-8-4-2-6-21(23)28(30,31)32/h1-9,13,18H,10-12,14-17,39-40H2,(H,34,37). The summed E-state index contributed by atoms with van der Waals surface area (Å²) < 4.78 is 60.7. The number of aromatic nitrogens is 1. The molecule has 6 nitrogen and oxygen atoms in total. The third kappa shape index (κ3) is 6.34. The average molecular weight is 593 g/mol. The van der Waals surface area contributed by atoms with Gasteiger partial charge in [0, 0.05) is 61.2 Å². The highest BCUT2D eigenvalue weighted by Crippen LogP contribution is 2.43. The van der Waals surface area contributed by atoms with E-state index in [0.717, 1.165) is 12.5 Å². The van der Waals surface area contributed by atoms with Crippen LogP contribution >= 0.6 is 18.5 Å². The van der Waals surface area contributed by atoms with Crippen LogP contribution in [-0.4, -0.2) is 53.1 Å². The number of likely N-dealkylation sites (tertiary alicyclic amines) is 1. The van der Waals surface area contributed by atoms with Gasteiger partial charge in [0.2, 0.25) is 0 Å². The number of ether oxygens (including phenoxy) is 1. The zero-order valence-electron chi connectivity index (χ0n) is 21.6. The van der Waals surface area contributed by atoms with Gasteiger partial charge in [-0.1, -0.05) is 30.3 Å². The second kappa shape index (κ2) is 11.5. The van der Waals surface area contributed by atoms with Crippen LogP contribution in [0.5, 0.6) is 5.75 Å². The molecule has 2 amide bonds. The molecule has 0 saturated carbocycles.